The minimum atomic E-state index is -0.342. The zero-order valence-corrected chi connectivity index (χ0v) is 9.69. The van der Waals surface area contributed by atoms with Gasteiger partial charge in [0.1, 0.15) is 11.2 Å². The number of anilines is 1. The summed E-state index contributed by atoms with van der Waals surface area (Å²) in [6.07, 6.45) is 3.11. The van der Waals surface area contributed by atoms with Gasteiger partial charge in [0.25, 0.3) is 5.91 Å². The van der Waals surface area contributed by atoms with Gasteiger partial charge in [-0.05, 0) is 12.1 Å². The fourth-order valence-electron chi connectivity index (χ4n) is 1.49. The fraction of sp³-hybridized carbons (Fsp3) is 0. The molecule has 0 atom stereocenters. The molecule has 0 aliphatic carbocycles. The Labute approximate surface area is 106 Å². The number of nitrogens with one attached hydrogen (secondary N) is 3. The highest BCUT2D eigenvalue weighted by Crippen LogP contribution is 2.18. The first-order valence-corrected chi connectivity index (χ1v) is 5.43. The monoisotopic (exact) mass is 262 g/mol. The maximum Gasteiger partial charge on any atom is 0.274 e. The number of imidazole rings is 1. The van der Waals surface area contributed by atoms with Crippen molar-refractivity contribution in [2.75, 3.05) is 5.32 Å². The second-order valence-electron chi connectivity index (χ2n) is 3.48. The summed E-state index contributed by atoms with van der Waals surface area (Å²) in [4.78, 5) is 29.3. The molecule has 0 aliphatic rings. The van der Waals surface area contributed by atoms with E-state index < -0.39 is 0 Å². The molecule has 0 bridgehead atoms. The predicted molar refractivity (Wildman–Crippen MR) is 65.4 cm³/mol. The smallest absolute Gasteiger partial charge is 0.274 e. The normalized spacial score (nSPS) is 10.7. The van der Waals surface area contributed by atoms with Gasteiger partial charge < -0.3 is 9.97 Å². The zero-order chi connectivity index (χ0) is 12.5. The summed E-state index contributed by atoms with van der Waals surface area (Å²) >= 11 is 5.93. The lowest BCUT2D eigenvalue weighted by Crippen LogP contribution is -2.14. The summed E-state index contributed by atoms with van der Waals surface area (Å²) in [5.41, 5.74) is 1.35. The maximum absolute atomic E-state index is 11.8. The SMILES string of the molecule is O=C(Nc1nc(Cl)c2[nH]cnc2n1)c1ccc[nH]1. The van der Waals surface area contributed by atoms with Crippen molar-refractivity contribution < 1.29 is 4.79 Å². The molecule has 3 heterocycles. The van der Waals surface area contributed by atoms with E-state index in [-0.39, 0.29) is 17.0 Å². The number of fused-ring (bicyclic) bond motifs is 1. The molecular formula is C10H7ClN6O. The second-order valence-corrected chi connectivity index (χ2v) is 3.84. The van der Waals surface area contributed by atoms with Crippen LogP contribution in [0.25, 0.3) is 11.2 Å². The number of hydrogen-bond acceptors (Lipinski definition) is 4. The third-order valence-electron chi connectivity index (χ3n) is 2.31. The van der Waals surface area contributed by atoms with E-state index in [4.69, 9.17) is 11.6 Å². The van der Waals surface area contributed by atoms with Crippen molar-refractivity contribution in [3.8, 4) is 0 Å². The van der Waals surface area contributed by atoms with Gasteiger partial charge in [-0.2, -0.15) is 9.97 Å². The molecule has 1 amide bonds. The molecule has 3 aromatic heterocycles. The van der Waals surface area contributed by atoms with Crippen LogP contribution in [-0.4, -0.2) is 30.8 Å². The van der Waals surface area contributed by atoms with Crippen LogP contribution in [-0.2, 0) is 0 Å². The molecule has 0 radical (unpaired) electrons. The Kier molecular flexibility index (Phi) is 2.45. The molecule has 8 heteroatoms. The first-order valence-electron chi connectivity index (χ1n) is 5.05. The average molecular weight is 263 g/mol. The van der Waals surface area contributed by atoms with Crippen LogP contribution in [0.4, 0.5) is 5.95 Å². The first kappa shape index (κ1) is 10.7. The highest BCUT2D eigenvalue weighted by Gasteiger charge is 2.12. The lowest BCUT2D eigenvalue weighted by molar-refractivity contribution is 0.102. The second kappa shape index (κ2) is 4.11. The van der Waals surface area contributed by atoms with Crippen molar-refractivity contribution in [2.45, 2.75) is 0 Å². The molecule has 18 heavy (non-hydrogen) atoms. The molecular weight excluding hydrogens is 256 g/mol. The van der Waals surface area contributed by atoms with Gasteiger partial charge in [0.05, 0.1) is 6.33 Å². The lowest BCUT2D eigenvalue weighted by Gasteiger charge is -2.02. The Morgan fingerprint density at radius 1 is 1.33 bits per heavy atom. The van der Waals surface area contributed by atoms with Crippen molar-refractivity contribution in [2.24, 2.45) is 0 Å². The molecule has 0 aliphatic heterocycles. The van der Waals surface area contributed by atoms with Gasteiger partial charge in [-0.3, -0.25) is 10.1 Å². The number of nitrogens with zero attached hydrogens (tertiary/aromatic N) is 3. The van der Waals surface area contributed by atoms with Crippen molar-refractivity contribution in [3.05, 3.63) is 35.5 Å². The van der Waals surface area contributed by atoms with Crippen LogP contribution < -0.4 is 5.32 Å². The van der Waals surface area contributed by atoms with Crippen LogP contribution in [0.3, 0.4) is 0 Å². The third kappa shape index (κ3) is 1.80. The fourth-order valence-corrected chi connectivity index (χ4v) is 1.71. The number of carbonyl (C=O) groups excluding carboxylic acids is 1. The Morgan fingerprint density at radius 2 is 2.22 bits per heavy atom. The number of rotatable bonds is 2. The summed E-state index contributed by atoms with van der Waals surface area (Å²) in [6.45, 7) is 0. The van der Waals surface area contributed by atoms with E-state index in [1.54, 1.807) is 18.3 Å². The van der Waals surface area contributed by atoms with E-state index >= 15 is 0 Å². The van der Waals surface area contributed by atoms with Crippen molar-refractivity contribution in [1.82, 2.24) is 24.9 Å². The van der Waals surface area contributed by atoms with Crippen molar-refractivity contribution in [1.29, 1.82) is 0 Å². The van der Waals surface area contributed by atoms with Gasteiger partial charge >= 0.3 is 0 Å². The first-order chi connectivity index (χ1) is 8.74. The molecule has 0 saturated heterocycles. The summed E-state index contributed by atoms with van der Waals surface area (Å²) in [5.74, 6) is -0.231. The summed E-state index contributed by atoms with van der Waals surface area (Å²) < 4.78 is 0. The molecule has 0 fully saturated rings. The highest BCUT2D eigenvalue weighted by atomic mass is 35.5. The van der Waals surface area contributed by atoms with Crippen LogP contribution >= 0.6 is 11.6 Å². The average Bonchev–Trinajstić information content (AvgIpc) is 2.99. The molecule has 3 N–H and O–H groups in total. The predicted octanol–water partition coefficient (Wildman–Crippen LogP) is 1.59. The number of amides is 1. The number of hydrogen-bond donors (Lipinski definition) is 3. The molecule has 7 nitrogen and oxygen atoms in total. The van der Waals surface area contributed by atoms with E-state index in [1.165, 1.54) is 6.33 Å². The van der Waals surface area contributed by atoms with Gasteiger partial charge in [0, 0.05) is 6.20 Å². The van der Waals surface area contributed by atoms with Gasteiger partial charge in [-0.15, -0.1) is 0 Å². The zero-order valence-electron chi connectivity index (χ0n) is 8.94. The topological polar surface area (TPSA) is 99.3 Å². The summed E-state index contributed by atoms with van der Waals surface area (Å²) in [5, 5.41) is 2.74. The van der Waals surface area contributed by atoms with Crippen LogP contribution in [0.15, 0.2) is 24.7 Å². The molecule has 90 valence electrons. The molecule has 3 aromatic rings. The number of halogens is 1. The Hall–Kier alpha value is -2.41. The minimum absolute atomic E-state index is 0.110. The van der Waals surface area contributed by atoms with Crippen molar-refractivity contribution >= 4 is 34.6 Å². The Balaban J connectivity index is 1.93. The molecule has 0 saturated carbocycles. The van der Waals surface area contributed by atoms with Gasteiger partial charge in [0.2, 0.25) is 5.95 Å². The Morgan fingerprint density at radius 3 is 3.00 bits per heavy atom. The van der Waals surface area contributed by atoms with Gasteiger partial charge in [-0.25, -0.2) is 4.98 Å². The highest BCUT2D eigenvalue weighted by molar-refractivity contribution is 6.33. The van der Waals surface area contributed by atoms with Crippen LogP contribution in [0.2, 0.25) is 5.15 Å². The minimum Gasteiger partial charge on any atom is -0.357 e. The molecule has 0 unspecified atom stereocenters. The van der Waals surface area contributed by atoms with E-state index in [9.17, 15) is 4.79 Å². The van der Waals surface area contributed by atoms with Crippen molar-refractivity contribution in [3.63, 3.8) is 0 Å². The molecule has 0 spiro atoms. The van der Waals surface area contributed by atoms with Crippen LogP contribution in [0.1, 0.15) is 10.5 Å². The standard InChI is InChI=1S/C10H7ClN6O/c11-7-6-8(14-4-13-6)16-10(15-7)17-9(18)5-2-1-3-12-5/h1-4,12H,(H2,13,14,15,16,17,18). The summed E-state index contributed by atoms with van der Waals surface area (Å²) in [7, 11) is 0. The van der Waals surface area contributed by atoms with Crippen LogP contribution in [0.5, 0.6) is 0 Å². The van der Waals surface area contributed by atoms with Gasteiger partial charge in [0.15, 0.2) is 10.8 Å². The van der Waals surface area contributed by atoms with Crippen LogP contribution in [0, 0.1) is 0 Å². The quantitative estimate of drug-likeness (QED) is 0.611. The Bertz CT molecular complexity index is 704. The lowest BCUT2D eigenvalue weighted by atomic mass is 10.4. The van der Waals surface area contributed by atoms with Gasteiger partial charge in [-0.1, -0.05) is 11.6 Å². The maximum atomic E-state index is 11.8. The largest absolute Gasteiger partial charge is 0.357 e. The summed E-state index contributed by atoms with van der Waals surface area (Å²) in [6, 6.07) is 3.36. The molecule has 0 aromatic carbocycles. The number of aromatic nitrogens is 5. The number of carbonyl (C=O) groups is 1. The number of H-pyrrole nitrogens is 2. The third-order valence-corrected chi connectivity index (χ3v) is 2.58. The molecule has 3 rings (SSSR count). The number of aromatic amines is 2. The van der Waals surface area contributed by atoms with E-state index in [0.29, 0.717) is 16.9 Å². The van der Waals surface area contributed by atoms with E-state index in [0.717, 1.165) is 0 Å². The van der Waals surface area contributed by atoms with E-state index in [2.05, 4.69) is 30.2 Å². The van der Waals surface area contributed by atoms with E-state index in [1.807, 2.05) is 0 Å².